The van der Waals surface area contributed by atoms with Crippen LogP contribution in [0.3, 0.4) is 0 Å². The standard InChI is InChI=1S/C19H20N4O3S/c1-3-13-7-14-18(22-11(2)23-19(14)27-13)21-9-17(24)20-8-12-4-5-15-16(6-12)26-10-25-15/h4-7H,3,8-10H2,1-2H3,(H,20,24)(H,21,22,23). The van der Waals surface area contributed by atoms with E-state index in [-0.39, 0.29) is 19.2 Å². The van der Waals surface area contributed by atoms with Gasteiger partial charge in [-0.1, -0.05) is 13.0 Å². The highest BCUT2D eigenvalue weighted by Crippen LogP contribution is 2.32. The molecule has 0 fully saturated rings. The van der Waals surface area contributed by atoms with E-state index in [9.17, 15) is 4.79 Å². The molecule has 4 rings (SSSR count). The second kappa shape index (κ2) is 7.40. The maximum Gasteiger partial charge on any atom is 0.239 e. The van der Waals surface area contributed by atoms with Crippen molar-refractivity contribution in [3.05, 3.63) is 40.5 Å². The van der Waals surface area contributed by atoms with Gasteiger partial charge in [0.2, 0.25) is 12.7 Å². The topological polar surface area (TPSA) is 85.4 Å². The molecule has 0 bridgehead atoms. The van der Waals surface area contributed by atoms with E-state index in [0.717, 1.165) is 28.0 Å². The molecule has 3 aromatic rings. The van der Waals surface area contributed by atoms with Crippen LogP contribution in [0.2, 0.25) is 0 Å². The summed E-state index contributed by atoms with van der Waals surface area (Å²) in [5.41, 5.74) is 0.957. The molecule has 2 N–H and O–H groups in total. The summed E-state index contributed by atoms with van der Waals surface area (Å²) in [6.45, 7) is 4.78. The molecule has 27 heavy (non-hydrogen) atoms. The summed E-state index contributed by atoms with van der Waals surface area (Å²) >= 11 is 1.66. The van der Waals surface area contributed by atoms with Gasteiger partial charge in [-0.05, 0) is 37.1 Å². The van der Waals surface area contributed by atoms with Gasteiger partial charge in [0.05, 0.1) is 11.9 Å². The second-order valence-electron chi connectivity index (χ2n) is 6.22. The van der Waals surface area contributed by atoms with E-state index in [0.29, 0.717) is 23.9 Å². The van der Waals surface area contributed by atoms with Crippen LogP contribution >= 0.6 is 11.3 Å². The zero-order valence-corrected chi connectivity index (χ0v) is 16.0. The lowest BCUT2D eigenvalue weighted by atomic mass is 10.2. The van der Waals surface area contributed by atoms with Gasteiger partial charge in [0.1, 0.15) is 16.5 Å². The largest absolute Gasteiger partial charge is 0.454 e. The van der Waals surface area contributed by atoms with Crippen LogP contribution in [0, 0.1) is 6.92 Å². The van der Waals surface area contributed by atoms with Crippen molar-refractivity contribution in [3.63, 3.8) is 0 Å². The van der Waals surface area contributed by atoms with Gasteiger partial charge in [-0.15, -0.1) is 11.3 Å². The van der Waals surface area contributed by atoms with Crippen LogP contribution in [-0.2, 0) is 17.8 Å². The van der Waals surface area contributed by atoms with Crippen LogP contribution in [-0.4, -0.2) is 29.2 Å². The summed E-state index contributed by atoms with van der Waals surface area (Å²) in [4.78, 5) is 23.4. The number of thiophene rings is 1. The number of aromatic nitrogens is 2. The molecule has 0 atom stereocenters. The average molecular weight is 384 g/mol. The van der Waals surface area contributed by atoms with E-state index in [1.54, 1.807) is 11.3 Å². The highest BCUT2D eigenvalue weighted by molar-refractivity contribution is 7.18. The number of fused-ring (bicyclic) bond motifs is 2. The third-order valence-corrected chi connectivity index (χ3v) is 5.42. The molecule has 0 aliphatic carbocycles. The van der Waals surface area contributed by atoms with E-state index in [1.807, 2.05) is 25.1 Å². The Kier molecular flexibility index (Phi) is 4.81. The number of anilines is 1. The number of nitrogens with zero attached hydrogens (tertiary/aromatic N) is 2. The molecule has 1 aliphatic rings. The van der Waals surface area contributed by atoms with E-state index in [1.165, 1.54) is 4.88 Å². The molecule has 2 aromatic heterocycles. The molecule has 8 heteroatoms. The molecule has 1 aliphatic heterocycles. The van der Waals surface area contributed by atoms with Crippen LogP contribution < -0.4 is 20.1 Å². The van der Waals surface area contributed by atoms with Crippen LogP contribution in [0.4, 0.5) is 5.82 Å². The van der Waals surface area contributed by atoms with Gasteiger partial charge in [0.25, 0.3) is 0 Å². The van der Waals surface area contributed by atoms with Crippen LogP contribution in [0.25, 0.3) is 10.2 Å². The minimum absolute atomic E-state index is 0.108. The van der Waals surface area contributed by atoms with E-state index in [4.69, 9.17) is 9.47 Å². The molecule has 1 amide bonds. The number of carbonyl (C=O) groups is 1. The van der Waals surface area contributed by atoms with E-state index < -0.39 is 0 Å². The molecule has 140 valence electrons. The normalized spacial score (nSPS) is 12.4. The summed E-state index contributed by atoms with van der Waals surface area (Å²) in [6, 6.07) is 7.73. The van der Waals surface area contributed by atoms with Crippen molar-refractivity contribution in [2.45, 2.75) is 26.8 Å². The number of aryl methyl sites for hydroxylation is 2. The third-order valence-electron chi connectivity index (χ3n) is 4.25. The van der Waals surface area contributed by atoms with Crippen molar-refractivity contribution in [1.29, 1.82) is 0 Å². The van der Waals surface area contributed by atoms with Crippen LogP contribution in [0.5, 0.6) is 11.5 Å². The van der Waals surface area contributed by atoms with Crippen molar-refractivity contribution in [3.8, 4) is 11.5 Å². The Bertz CT molecular complexity index is 1000. The van der Waals surface area contributed by atoms with Gasteiger partial charge in [-0.2, -0.15) is 0 Å². The average Bonchev–Trinajstić information content (AvgIpc) is 3.30. The van der Waals surface area contributed by atoms with Crippen LogP contribution in [0.15, 0.2) is 24.3 Å². The molecule has 7 nitrogen and oxygen atoms in total. The summed E-state index contributed by atoms with van der Waals surface area (Å²) in [7, 11) is 0. The lowest BCUT2D eigenvalue weighted by molar-refractivity contribution is -0.119. The van der Waals surface area contributed by atoms with Crippen molar-refractivity contribution < 1.29 is 14.3 Å². The van der Waals surface area contributed by atoms with E-state index in [2.05, 4.69) is 33.6 Å². The SMILES string of the molecule is CCc1cc2c(NCC(=O)NCc3ccc4c(c3)OCO4)nc(C)nc2s1. The molecule has 0 unspecified atom stereocenters. The molecule has 1 aromatic carbocycles. The predicted octanol–water partition coefficient (Wildman–Crippen LogP) is 3.02. The Balaban J connectivity index is 1.38. The highest BCUT2D eigenvalue weighted by Gasteiger charge is 2.14. The summed E-state index contributed by atoms with van der Waals surface area (Å²) in [6.07, 6.45) is 0.954. The minimum atomic E-state index is -0.108. The molecule has 0 saturated carbocycles. The first-order valence-corrected chi connectivity index (χ1v) is 9.60. The lowest BCUT2D eigenvalue weighted by Crippen LogP contribution is -2.29. The van der Waals surface area contributed by atoms with Gasteiger partial charge >= 0.3 is 0 Å². The van der Waals surface area contributed by atoms with E-state index >= 15 is 0 Å². The Labute approximate surface area is 160 Å². The number of nitrogens with one attached hydrogen (secondary N) is 2. The maximum absolute atomic E-state index is 12.2. The van der Waals surface area contributed by atoms with Crippen molar-refractivity contribution in [2.24, 2.45) is 0 Å². The number of amides is 1. The fraction of sp³-hybridized carbons (Fsp3) is 0.316. The minimum Gasteiger partial charge on any atom is -0.454 e. The van der Waals surface area contributed by atoms with Crippen LogP contribution in [0.1, 0.15) is 23.2 Å². The van der Waals surface area contributed by atoms with Crippen molar-refractivity contribution in [2.75, 3.05) is 18.7 Å². The number of hydrogen-bond acceptors (Lipinski definition) is 7. The number of rotatable bonds is 6. The molecular formula is C19H20N4O3S. The Morgan fingerprint density at radius 3 is 2.93 bits per heavy atom. The fourth-order valence-corrected chi connectivity index (χ4v) is 3.88. The number of benzene rings is 1. The summed E-state index contributed by atoms with van der Waals surface area (Å²) in [5, 5.41) is 7.01. The zero-order chi connectivity index (χ0) is 18.8. The lowest BCUT2D eigenvalue weighted by Gasteiger charge is -2.09. The number of hydrogen-bond donors (Lipinski definition) is 2. The molecule has 0 spiro atoms. The summed E-state index contributed by atoms with van der Waals surface area (Å²) < 4.78 is 10.6. The quantitative estimate of drug-likeness (QED) is 0.680. The first-order valence-electron chi connectivity index (χ1n) is 8.78. The number of carbonyl (C=O) groups excluding carboxylic acids is 1. The molecular weight excluding hydrogens is 364 g/mol. The third kappa shape index (κ3) is 3.80. The first-order chi connectivity index (χ1) is 13.1. The fourth-order valence-electron chi connectivity index (χ4n) is 2.87. The predicted molar refractivity (Wildman–Crippen MR) is 104 cm³/mol. The Morgan fingerprint density at radius 1 is 1.22 bits per heavy atom. The Hall–Kier alpha value is -2.87. The van der Waals surface area contributed by atoms with Gasteiger partial charge < -0.3 is 20.1 Å². The molecule has 0 radical (unpaired) electrons. The van der Waals surface area contributed by atoms with Gasteiger partial charge in [-0.3, -0.25) is 4.79 Å². The highest BCUT2D eigenvalue weighted by atomic mass is 32.1. The monoisotopic (exact) mass is 384 g/mol. The smallest absolute Gasteiger partial charge is 0.239 e. The van der Waals surface area contributed by atoms with Gasteiger partial charge in [-0.25, -0.2) is 9.97 Å². The summed E-state index contributed by atoms with van der Waals surface area (Å²) in [5.74, 6) is 2.73. The maximum atomic E-state index is 12.2. The van der Waals surface area contributed by atoms with Gasteiger partial charge in [0, 0.05) is 11.4 Å². The van der Waals surface area contributed by atoms with Gasteiger partial charge in [0.15, 0.2) is 11.5 Å². The molecule has 3 heterocycles. The second-order valence-corrected chi connectivity index (χ2v) is 7.34. The Morgan fingerprint density at radius 2 is 2.07 bits per heavy atom. The number of ether oxygens (including phenoxy) is 2. The molecule has 0 saturated heterocycles. The van der Waals surface area contributed by atoms with Crippen molar-refractivity contribution >= 4 is 33.3 Å². The first kappa shape index (κ1) is 17.5. The van der Waals surface area contributed by atoms with Crippen molar-refractivity contribution in [1.82, 2.24) is 15.3 Å². The zero-order valence-electron chi connectivity index (χ0n) is 15.2.